The van der Waals surface area contributed by atoms with Gasteiger partial charge in [0.2, 0.25) is 0 Å². The van der Waals surface area contributed by atoms with Gasteiger partial charge in [0.25, 0.3) is 0 Å². The maximum atomic E-state index is 6.23. The Morgan fingerprint density at radius 3 is 2.62 bits per heavy atom. The lowest BCUT2D eigenvalue weighted by Gasteiger charge is -2.26. The van der Waals surface area contributed by atoms with Crippen molar-refractivity contribution < 1.29 is 0 Å². The van der Waals surface area contributed by atoms with Gasteiger partial charge in [-0.25, -0.2) is 0 Å². The van der Waals surface area contributed by atoms with Gasteiger partial charge >= 0.3 is 0 Å². The summed E-state index contributed by atoms with van der Waals surface area (Å²) in [5, 5.41) is 0. The average Bonchev–Trinajstić information content (AvgIpc) is 2.46. The first-order valence-electron chi connectivity index (χ1n) is 8.44. The molecule has 2 N–H and O–H groups in total. The van der Waals surface area contributed by atoms with Crippen molar-refractivity contribution in [2.75, 3.05) is 13.6 Å². The van der Waals surface area contributed by atoms with E-state index < -0.39 is 0 Å². The summed E-state index contributed by atoms with van der Waals surface area (Å²) in [4.78, 5) is 2.38. The van der Waals surface area contributed by atoms with Crippen molar-refractivity contribution >= 4 is 0 Å². The zero-order valence-corrected chi connectivity index (χ0v) is 14.7. The molecular weight excluding hydrogens is 256 g/mol. The number of nitrogens with zero attached hydrogens (tertiary/aromatic N) is 1. The van der Waals surface area contributed by atoms with Gasteiger partial charge in [-0.15, -0.1) is 0 Å². The topological polar surface area (TPSA) is 29.3 Å². The molecule has 0 saturated heterocycles. The van der Waals surface area contributed by atoms with E-state index in [0.717, 1.165) is 25.9 Å². The van der Waals surface area contributed by atoms with Crippen LogP contribution in [0.15, 0.2) is 24.3 Å². The van der Waals surface area contributed by atoms with Crippen molar-refractivity contribution in [3.63, 3.8) is 0 Å². The molecule has 0 aliphatic rings. The molecule has 2 unspecified atom stereocenters. The molecule has 1 aromatic rings. The first kappa shape index (κ1) is 18.2. The van der Waals surface area contributed by atoms with Gasteiger partial charge in [-0.2, -0.15) is 0 Å². The number of hydrogen-bond donors (Lipinski definition) is 1. The van der Waals surface area contributed by atoms with Crippen molar-refractivity contribution in [2.24, 2.45) is 5.73 Å². The van der Waals surface area contributed by atoms with E-state index in [9.17, 15) is 0 Å². The fraction of sp³-hybridized carbons (Fsp3) is 0.684. The summed E-state index contributed by atoms with van der Waals surface area (Å²) in [5.74, 6) is 0.660. The van der Waals surface area contributed by atoms with E-state index in [1.807, 2.05) is 0 Å². The van der Waals surface area contributed by atoms with E-state index in [4.69, 9.17) is 5.73 Å². The van der Waals surface area contributed by atoms with Crippen molar-refractivity contribution in [1.29, 1.82) is 0 Å². The van der Waals surface area contributed by atoms with Crippen LogP contribution in [0, 0.1) is 0 Å². The first-order valence-corrected chi connectivity index (χ1v) is 8.44. The van der Waals surface area contributed by atoms with Crippen LogP contribution in [0.2, 0.25) is 0 Å². The van der Waals surface area contributed by atoms with Crippen molar-refractivity contribution in [2.45, 2.75) is 71.4 Å². The number of hydrogen-bond acceptors (Lipinski definition) is 2. The Morgan fingerprint density at radius 2 is 2.00 bits per heavy atom. The van der Waals surface area contributed by atoms with E-state index in [2.05, 4.69) is 63.9 Å². The first-order chi connectivity index (χ1) is 9.88. The van der Waals surface area contributed by atoms with E-state index in [-0.39, 0.29) is 5.54 Å². The third-order valence-electron chi connectivity index (χ3n) is 4.57. The minimum absolute atomic E-state index is 0.0360. The van der Waals surface area contributed by atoms with Crippen molar-refractivity contribution in [3.05, 3.63) is 35.4 Å². The molecule has 0 bridgehead atoms. The second kappa shape index (κ2) is 8.55. The Labute approximate surface area is 131 Å². The highest BCUT2D eigenvalue weighted by atomic mass is 15.1. The Kier molecular flexibility index (Phi) is 7.41. The molecule has 0 saturated carbocycles. The number of nitrogens with two attached hydrogens (primary N) is 1. The largest absolute Gasteiger partial charge is 0.325 e. The third kappa shape index (κ3) is 6.62. The van der Waals surface area contributed by atoms with Gasteiger partial charge in [0.1, 0.15) is 0 Å². The Morgan fingerprint density at radius 1 is 1.29 bits per heavy atom. The van der Waals surface area contributed by atoms with Crippen LogP contribution < -0.4 is 5.73 Å². The quantitative estimate of drug-likeness (QED) is 0.723. The van der Waals surface area contributed by atoms with Crippen LogP contribution in [0.3, 0.4) is 0 Å². The molecule has 0 aliphatic heterocycles. The molecule has 1 rings (SSSR count). The van der Waals surface area contributed by atoms with E-state index in [1.165, 1.54) is 24.0 Å². The smallest absolute Gasteiger partial charge is 0.0230 e. The van der Waals surface area contributed by atoms with E-state index in [1.54, 1.807) is 0 Å². The summed E-state index contributed by atoms with van der Waals surface area (Å²) in [6.07, 6.45) is 4.59. The molecule has 2 nitrogen and oxygen atoms in total. The zero-order chi connectivity index (χ0) is 15.9. The lowest BCUT2D eigenvalue weighted by Crippen LogP contribution is -2.38. The second-order valence-electron chi connectivity index (χ2n) is 6.93. The molecule has 0 aliphatic carbocycles. The molecule has 2 atom stereocenters. The fourth-order valence-electron chi connectivity index (χ4n) is 2.61. The van der Waals surface area contributed by atoms with Crippen LogP contribution in [0.1, 0.15) is 70.4 Å². The van der Waals surface area contributed by atoms with E-state index >= 15 is 0 Å². The van der Waals surface area contributed by atoms with Gasteiger partial charge < -0.3 is 10.6 Å². The summed E-state index contributed by atoms with van der Waals surface area (Å²) in [6.45, 7) is 11.0. The predicted molar refractivity (Wildman–Crippen MR) is 93.6 cm³/mol. The minimum atomic E-state index is -0.0360. The maximum Gasteiger partial charge on any atom is 0.0230 e. The molecule has 0 heterocycles. The number of benzene rings is 1. The van der Waals surface area contributed by atoms with Gasteiger partial charge in [-0.1, -0.05) is 51.5 Å². The second-order valence-corrected chi connectivity index (χ2v) is 6.93. The van der Waals surface area contributed by atoms with Crippen LogP contribution in [-0.2, 0) is 6.54 Å². The maximum absolute atomic E-state index is 6.23. The highest BCUT2D eigenvalue weighted by molar-refractivity contribution is 5.26. The minimum Gasteiger partial charge on any atom is -0.325 e. The average molecular weight is 290 g/mol. The summed E-state index contributed by atoms with van der Waals surface area (Å²) in [6, 6.07) is 9.07. The molecule has 0 fully saturated rings. The SMILES string of the molecule is CCCC(C)c1cccc(CN(C)CCC(C)(N)CC)c1. The van der Waals surface area contributed by atoms with Gasteiger partial charge in [-0.05, 0) is 56.8 Å². The van der Waals surface area contributed by atoms with Gasteiger partial charge in [0.15, 0.2) is 0 Å². The summed E-state index contributed by atoms with van der Waals surface area (Å²) >= 11 is 0. The molecule has 1 aromatic carbocycles. The van der Waals surface area contributed by atoms with Gasteiger partial charge in [0.05, 0.1) is 0 Å². The Balaban J connectivity index is 2.56. The normalized spacial score (nSPS) is 16.0. The van der Waals surface area contributed by atoms with Crippen molar-refractivity contribution in [3.8, 4) is 0 Å². The molecule has 0 spiro atoms. The van der Waals surface area contributed by atoms with E-state index in [0.29, 0.717) is 5.92 Å². The monoisotopic (exact) mass is 290 g/mol. The number of rotatable bonds is 9. The molecule has 21 heavy (non-hydrogen) atoms. The zero-order valence-electron chi connectivity index (χ0n) is 14.7. The van der Waals surface area contributed by atoms with Gasteiger partial charge in [-0.3, -0.25) is 0 Å². The summed E-state index contributed by atoms with van der Waals surface area (Å²) < 4.78 is 0. The summed E-state index contributed by atoms with van der Waals surface area (Å²) in [5.41, 5.74) is 9.07. The van der Waals surface area contributed by atoms with Crippen LogP contribution in [0.5, 0.6) is 0 Å². The van der Waals surface area contributed by atoms with Crippen LogP contribution in [-0.4, -0.2) is 24.0 Å². The molecular formula is C19H34N2. The van der Waals surface area contributed by atoms with Crippen molar-refractivity contribution in [1.82, 2.24) is 4.90 Å². The molecule has 120 valence electrons. The highest BCUT2D eigenvalue weighted by Gasteiger charge is 2.16. The summed E-state index contributed by atoms with van der Waals surface area (Å²) in [7, 11) is 2.19. The lowest BCUT2D eigenvalue weighted by molar-refractivity contribution is 0.277. The fourth-order valence-corrected chi connectivity index (χ4v) is 2.61. The van der Waals surface area contributed by atoms with Crippen LogP contribution >= 0.6 is 0 Å². The highest BCUT2D eigenvalue weighted by Crippen LogP contribution is 2.22. The Bertz CT molecular complexity index is 412. The molecule has 0 radical (unpaired) electrons. The van der Waals surface area contributed by atoms with Crippen LogP contribution in [0.4, 0.5) is 0 Å². The standard InChI is InChI=1S/C19H34N2/c1-6-9-16(3)18-11-8-10-17(14-18)15-21(5)13-12-19(4,20)7-2/h8,10-11,14,16H,6-7,9,12-13,15,20H2,1-5H3. The predicted octanol–water partition coefficient (Wildman–Crippen LogP) is 4.54. The van der Waals surface area contributed by atoms with Crippen LogP contribution in [0.25, 0.3) is 0 Å². The third-order valence-corrected chi connectivity index (χ3v) is 4.57. The Hall–Kier alpha value is -0.860. The van der Waals surface area contributed by atoms with Gasteiger partial charge in [0, 0.05) is 12.1 Å². The molecule has 2 heteroatoms. The molecule has 0 aromatic heterocycles. The molecule has 0 amide bonds. The lowest BCUT2D eigenvalue weighted by atomic mass is 9.94.